The molecule has 4 rings (SSSR count). The summed E-state index contributed by atoms with van der Waals surface area (Å²) in [7, 11) is 1.95. The van der Waals surface area contributed by atoms with Crippen molar-refractivity contribution in [2.75, 3.05) is 31.1 Å². The molecule has 140 valence electrons. The number of halogens is 1. The monoisotopic (exact) mass is 366 g/mol. The highest BCUT2D eigenvalue weighted by atomic mass is 19.1. The van der Waals surface area contributed by atoms with E-state index in [1.54, 1.807) is 24.5 Å². The predicted octanol–water partition coefficient (Wildman–Crippen LogP) is 2.65. The second-order valence-corrected chi connectivity index (χ2v) is 6.89. The van der Waals surface area contributed by atoms with Gasteiger partial charge in [-0.25, -0.2) is 9.37 Å². The lowest BCUT2D eigenvalue weighted by Crippen LogP contribution is -2.46. The van der Waals surface area contributed by atoms with Crippen LogP contribution in [0.4, 0.5) is 10.2 Å². The van der Waals surface area contributed by atoms with Gasteiger partial charge in [-0.2, -0.15) is 5.10 Å². The van der Waals surface area contributed by atoms with Crippen molar-refractivity contribution >= 4 is 5.82 Å². The van der Waals surface area contributed by atoms with Crippen molar-refractivity contribution in [2.24, 2.45) is 7.05 Å². The van der Waals surface area contributed by atoms with Gasteiger partial charge in [0.05, 0.1) is 5.69 Å². The molecule has 1 saturated heterocycles. The second-order valence-electron chi connectivity index (χ2n) is 6.89. The minimum absolute atomic E-state index is 0.273. The lowest BCUT2D eigenvalue weighted by Gasteiger charge is -2.35. The van der Waals surface area contributed by atoms with Crippen LogP contribution in [0.1, 0.15) is 11.3 Å². The van der Waals surface area contributed by atoms with Gasteiger partial charge < -0.3 is 4.90 Å². The smallest absolute Gasteiger partial charge is 0.155 e. The number of benzene rings is 1. The summed E-state index contributed by atoms with van der Waals surface area (Å²) in [5, 5.41) is 4.42. The predicted molar refractivity (Wildman–Crippen MR) is 103 cm³/mol. The normalized spacial score (nSPS) is 15.3. The van der Waals surface area contributed by atoms with Crippen LogP contribution in [0.5, 0.6) is 0 Å². The molecule has 3 heterocycles. The van der Waals surface area contributed by atoms with E-state index in [9.17, 15) is 4.39 Å². The fourth-order valence-electron chi connectivity index (χ4n) is 3.57. The Labute approximate surface area is 158 Å². The van der Waals surface area contributed by atoms with Crippen LogP contribution in [0, 0.1) is 12.7 Å². The van der Waals surface area contributed by atoms with Gasteiger partial charge in [-0.15, -0.1) is 0 Å². The lowest BCUT2D eigenvalue weighted by atomic mass is 10.1. The minimum atomic E-state index is -0.273. The molecule has 1 fully saturated rings. The van der Waals surface area contributed by atoms with E-state index in [4.69, 9.17) is 0 Å². The van der Waals surface area contributed by atoms with E-state index in [0.717, 1.165) is 44.2 Å². The van der Waals surface area contributed by atoms with Gasteiger partial charge in [0.1, 0.15) is 11.5 Å². The van der Waals surface area contributed by atoms with Gasteiger partial charge in [0.25, 0.3) is 0 Å². The summed E-state index contributed by atoms with van der Waals surface area (Å²) in [5.41, 5.74) is 3.44. The molecule has 0 radical (unpaired) electrons. The Hall–Kier alpha value is -2.80. The van der Waals surface area contributed by atoms with Crippen molar-refractivity contribution in [3.63, 3.8) is 0 Å². The van der Waals surface area contributed by atoms with Crippen molar-refractivity contribution in [3.8, 4) is 11.3 Å². The number of anilines is 1. The van der Waals surface area contributed by atoms with E-state index < -0.39 is 0 Å². The highest BCUT2D eigenvalue weighted by Crippen LogP contribution is 2.29. The third-order valence-electron chi connectivity index (χ3n) is 4.99. The van der Waals surface area contributed by atoms with Crippen molar-refractivity contribution in [1.29, 1.82) is 0 Å². The van der Waals surface area contributed by atoms with Gasteiger partial charge in [-0.1, -0.05) is 12.1 Å². The van der Waals surface area contributed by atoms with Crippen LogP contribution in [0.2, 0.25) is 0 Å². The van der Waals surface area contributed by atoms with Crippen molar-refractivity contribution in [2.45, 2.75) is 13.5 Å². The summed E-state index contributed by atoms with van der Waals surface area (Å²) in [6, 6.07) is 6.73. The molecule has 0 unspecified atom stereocenters. The van der Waals surface area contributed by atoms with Crippen LogP contribution < -0.4 is 4.90 Å². The van der Waals surface area contributed by atoms with E-state index in [2.05, 4.69) is 31.1 Å². The third-order valence-corrected chi connectivity index (χ3v) is 4.99. The zero-order valence-corrected chi connectivity index (χ0v) is 15.6. The van der Waals surface area contributed by atoms with Crippen LogP contribution in [-0.2, 0) is 13.6 Å². The van der Waals surface area contributed by atoms with Gasteiger partial charge in [-0.05, 0) is 19.1 Å². The fraction of sp³-hybridized carbons (Fsp3) is 0.350. The first-order chi connectivity index (χ1) is 13.1. The summed E-state index contributed by atoms with van der Waals surface area (Å²) >= 11 is 0. The number of aromatic nitrogens is 4. The molecule has 0 atom stereocenters. The molecule has 27 heavy (non-hydrogen) atoms. The third kappa shape index (κ3) is 3.68. The van der Waals surface area contributed by atoms with Crippen molar-refractivity contribution < 1.29 is 4.39 Å². The van der Waals surface area contributed by atoms with E-state index in [1.807, 2.05) is 24.7 Å². The molecule has 0 saturated carbocycles. The molecule has 0 spiro atoms. The fourth-order valence-corrected chi connectivity index (χ4v) is 3.57. The summed E-state index contributed by atoms with van der Waals surface area (Å²) < 4.78 is 16.1. The van der Waals surface area contributed by atoms with Crippen LogP contribution in [-0.4, -0.2) is 50.8 Å². The second kappa shape index (κ2) is 7.44. The summed E-state index contributed by atoms with van der Waals surface area (Å²) in [6.07, 6.45) is 5.37. The van der Waals surface area contributed by atoms with Crippen molar-refractivity contribution in [1.82, 2.24) is 24.6 Å². The molecule has 3 aromatic rings. The standard InChI is InChI=1S/C20H23FN6/c1-15-16(13-25(2)24-15)14-26-9-11-27(12-10-26)20-19(22-7-8-23-20)17-5-3-4-6-18(17)21/h3-8,13H,9-12,14H2,1-2H3. The zero-order valence-electron chi connectivity index (χ0n) is 15.6. The molecule has 0 N–H and O–H groups in total. The van der Waals surface area contributed by atoms with Gasteiger partial charge in [-0.3, -0.25) is 14.6 Å². The number of piperazine rings is 1. The molecular weight excluding hydrogens is 343 g/mol. The summed E-state index contributed by atoms with van der Waals surface area (Å²) in [4.78, 5) is 13.5. The maximum absolute atomic E-state index is 14.3. The Kier molecular flexibility index (Phi) is 4.85. The van der Waals surface area contributed by atoms with Gasteiger partial charge in [0.2, 0.25) is 0 Å². The SMILES string of the molecule is Cc1nn(C)cc1CN1CCN(c2nccnc2-c2ccccc2F)CC1. The maximum atomic E-state index is 14.3. The number of rotatable bonds is 4. The molecule has 6 nitrogen and oxygen atoms in total. The van der Waals surface area contributed by atoms with Gasteiger partial charge in [0, 0.05) is 69.5 Å². The van der Waals surface area contributed by atoms with E-state index in [1.165, 1.54) is 11.6 Å². The topological polar surface area (TPSA) is 50.1 Å². The molecule has 1 aliphatic rings. The average Bonchev–Trinajstić information content (AvgIpc) is 3.00. The number of hydrogen-bond donors (Lipinski definition) is 0. The first kappa shape index (κ1) is 17.6. The van der Waals surface area contributed by atoms with Crippen LogP contribution >= 0.6 is 0 Å². The largest absolute Gasteiger partial charge is 0.352 e. The minimum Gasteiger partial charge on any atom is -0.352 e. The Morgan fingerprint density at radius 2 is 1.78 bits per heavy atom. The summed E-state index contributed by atoms with van der Waals surface area (Å²) in [6.45, 7) is 6.45. The zero-order chi connectivity index (χ0) is 18.8. The molecule has 0 aliphatic carbocycles. The highest BCUT2D eigenvalue weighted by Gasteiger charge is 2.23. The first-order valence-electron chi connectivity index (χ1n) is 9.14. The van der Waals surface area contributed by atoms with E-state index in [-0.39, 0.29) is 5.82 Å². The molecule has 0 bridgehead atoms. The van der Waals surface area contributed by atoms with Crippen LogP contribution in [0.15, 0.2) is 42.9 Å². The first-order valence-corrected chi connectivity index (χ1v) is 9.14. The summed E-state index contributed by atoms with van der Waals surface area (Å²) in [5.74, 6) is 0.477. The number of aryl methyl sites for hydroxylation is 2. The van der Waals surface area contributed by atoms with Gasteiger partial charge in [0.15, 0.2) is 5.82 Å². The van der Waals surface area contributed by atoms with E-state index in [0.29, 0.717) is 11.3 Å². The Bertz CT molecular complexity index is 930. The Balaban J connectivity index is 1.49. The molecule has 7 heteroatoms. The Morgan fingerprint density at radius 3 is 2.48 bits per heavy atom. The van der Waals surface area contributed by atoms with Gasteiger partial charge >= 0.3 is 0 Å². The molecule has 2 aromatic heterocycles. The average molecular weight is 366 g/mol. The van der Waals surface area contributed by atoms with Crippen LogP contribution in [0.3, 0.4) is 0 Å². The molecule has 1 aliphatic heterocycles. The molecule has 0 amide bonds. The lowest BCUT2D eigenvalue weighted by molar-refractivity contribution is 0.249. The quantitative estimate of drug-likeness (QED) is 0.711. The highest BCUT2D eigenvalue weighted by molar-refractivity contribution is 5.72. The molecular formula is C20H23FN6. The number of nitrogens with zero attached hydrogens (tertiary/aromatic N) is 6. The molecule has 1 aromatic carbocycles. The number of hydrogen-bond acceptors (Lipinski definition) is 5. The Morgan fingerprint density at radius 1 is 1.04 bits per heavy atom. The van der Waals surface area contributed by atoms with Crippen LogP contribution in [0.25, 0.3) is 11.3 Å². The van der Waals surface area contributed by atoms with E-state index >= 15 is 0 Å². The maximum Gasteiger partial charge on any atom is 0.155 e. The van der Waals surface area contributed by atoms with Crippen molar-refractivity contribution in [3.05, 3.63) is 59.9 Å².